The maximum atomic E-state index is 11.4. The zero-order valence-electron chi connectivity index (χ0n) is 9.58. The Morgan fingerprint density at radius 3 is 2.83 bits per heavy atom. The predicted molar refractivity (Wildman–Crippen MR) is 72.0 cm³/mol. The van der Waals surface area contributed by atoms with Gasteiger partial charge in [-0.1, -0.05) is 24.3 Å². The molecule has 0 fully saturated rings. The summed E-state index contributed by atoms with van der Waals surface area (Å²) in [5, 5.41) is 5.78. The van der Waals surface area contributed by atoms with Gasteiger partial charge in [-0.2, -0.15) is 5.10 Å². The molecule has 0 spiro atoms. The number of hydrogen-bond donors (Lipinski definition) is 1. The molecule has 1 aromatic heterocycles. The van der Waals surface area contributed by atoms with Crippen molar-refractivity contribution < 1.29 is 9.53 Å². The van der Waals surface area contributed by atoms with Crippen molar-refractivity contribution >= 4 is 23.5 Å². The summed E-state index contributed by atoms with van der Waals surface area (Å²) in [6.45, 7) is -0.0498. The second-order valence-electron chi connectivity index (χ2n) is 3.41. The van der Waals surface area contributed by atoms with Gasteiger partial charge in [0, 0.05) is 4.88 Å². The van der Waals surface area contributed by atoms with Gasteiger partial charge in [-0.05, 0) is 23.6 Å². The third kappa shape index (κ3) is 4.03. The summed E-state index contributed by atoms with van der Waals surface area (Å²) in [6.07, 6.45) is 1.60. The third-order valence-corrected chi connectivity index (χ3v) is 2.84. The minimum Gasteiger partial charge on any atom is -0.484 e. The molecule has 18 heavy (non-hydrogen) atoms. The van der Waals surface area contributed by atoms with Crippen molar-refractivity contribution in [3.63, 3.8) is 0 Å². The fourth-order valence-corrected chi connectivity index (χ4v) is 1.82. The highest BCUT2D eigenvalue weighted by Gasteiger charge is 2.00. The van der Waals surface area contributed by atoms with Crippen LogP contribution < -0.4 is 10.2 Å². The molecule has 92 valence electrons. The highest BCUT2D eigenvalue weighted by atomic mass is 32.1. The highest BCUT2D eigenvalue weighted by Crippen LogP contribution is 2.07. The molecule has 0 atom stereocenters. The van der Waals surface area contributed by atoms with Crippen LogP contribution >= 0.6 is 11.3 Å². The van der Waals surface area contributed by atoms with Gasteiger partial charge >= 0.3 is 0 Å². The fraction of sp³-hybridized carbons (Fsp3) is 0.0769. The Kier molecular flexibility index (Phi) is 4.49. The molecule has 1 N–H and O–H groups in total. The molecule has 0 aliphatic rings. The van der Waals surface area contributed by atoms with E-state index in [9.17, 15) is 4.79 Å². The number of benzene rings is 1. The summed E-state index contributed by atoms with van der Waals surface area (Å²) < 4.78 is 5.27. The topological polar surface area (TPSA) is 50.7 Å². The molecular weight excluding hydrogens is 248 g/mol. The zero-order chi connectivity index (χ0) is 12.6. The SMILES string of the molecule is O=C(COc1ccccc1)N/N=C/c1cccs1. The number of carbonyl (C=O) groups excluding carboxylic acids is 1. The average Bonchev–Trinajstić information content (AvgIpc) is 2.91. The van der Waals surface area contributed by atoms with Crippen molar-refractivity contribution in [2.75, 3.05) is 6.61 Å². The Hall–Kier alpha value is -2.14. The lowest BCUT2D eigenvalue weighted by atomic mass is 10.3. The molecule has 0 saturated heterocycles. The first kappa shape index (κ1) is 12.3. The highest BCUT2D eigenvalue weighted by molar-refractivity contribution is 7.11. The molecule has 0 radical (unpaired) electrons. The van der Waals surface area contributed by atoms with Gasteiger partial charge in [-0.25, -0.2) is 5.43 Å². The predicted octanol–water partition coefficient (Wildman–Crippen LogP) is 2.28. The van der Waals surface area contributed by atoms with Crippen LogP contribution in [0.3, 0.4) is 0 Å². The van der Waals surface area contributed by atoms with E-state index in [2.05, 4.69) is 10.5 Å². The normalized spacial score (nSPS) is 10.4. The molecule has 0 aliphatic heterocycles. The van der Waals surface area contributed by atoms with E-state index in [1.165, 1.54) is 0 Å². The van der Waals surface area contributed by atoms with Crippen LogP contribution in [0.25, 0.3) is 0 Å². The Labute approximate surface area is 109 Å². The van der Waals surface area contributed by atoms with Gasteiger partial charge in [-0.3, -0.25) is 4.79 Å². The number of para-hydroxylation sites is 1. The summed E-state index contributed by atoms with van der Waals surface area (Å²) in [6, 6.07) is 13.0. The van der Waals surface area contributed by atoms with E-state index in [1.54, 1.807) is 29.7 Å². The van der Waals surface area contributed by atoms with Crippen LogP contribution in [-0.2, 0) is 4.79 Å². The van der Waals surface area contributed by atoms with Crippen LogP contribution in [0.4, 0.5) is 0 Å². The minimum absolute atomic E-state index is 0.0498. The van der Waals surface area contributed by atoms with Crippen LogP contribution in [0.5, 0.6) is 5.75 Å². The maximum Gasteiger partial charge on any atom is 0.277 e. The lowest BCUT2D eigenvalue weighted by Gasteiger charge is -2.03. The first-order valence-electron chi connectivity index (χ1n) is 5.38. The van der Waals surface area contributed by atoms with E-state index in [-0.39, 0.29) is 12.5 Å². The van der Waals surface area contributed by atoms with Gasteiger partial charge in [0.2, 0.25) is 0 Å². The van der Waals surface area contributed by atoms with E-state index in [0.29, 0.717) is 5.75 Å². The average molecular weight is 260 g/mol. The molecule has 0 saturated carbocycles. The van der Waals surface area contributed by atoms with Crippen molar-refractivity contribution in [2.24, 2.45) is 5.10 Å². The van der Waals surface area contributed by atoms with E-state index >= 15 is 0 Å². The number of carbonyl (C=O) groups is 1. The molecule has 0 bridgehead atoms. The largest absolute Gasteiger partial charge is 0.484 e. The summed E-state index contributed by atoms with van der Waals surface area (Å²) in [7, 11) is 0. The number of rotatable bonds is 5. The van der Waals surface area contributed by atoms with Gasteiger partial charge in [-0.15, -0.1) is 11.3 Å². The van der Waals surface area contributed by atoms with Gasteiger partial charge in [0.1, 0.15) is 5.75 Å². The van der Waals surface area contributed by atoms with Crippen molar-refractivity contribution in [1.29, 1.82) is 0 Å². The van der Waals surface area contributed by atoms with E-state index < -0.39 is 0 Å². The molecule has 0 aliphatic carbocycles. The first-order chi connectivity index (χ1) is 8.84. The van der Waals surface area contributed by atoms with Crippen LogP contribution in [0, 0.1) is 0 Å². The van der Waals surface area contributed by atoms with Crippen LogP contribution in [-0.4, -0.2) is 18.7 Å². The Morgan fingerprint density at radius 2 is 2.11 bits per heavy atom. The van der Waals surface area contributed by atoms with Crippen LogP contribution in [0.2, 0.25) is 0 Å². The molecule has 1 heterocycles. The van der Waals surface area contributed by atoms with Crippen molar-refractivity contribution in [3.8, 4) is 5.75 Å². The molecule has 5 heteroatoms. The van der Waals surface area contributed by atoms with E-state index in [0.717, 1.165) is 4.88 Å². The first-order valence-corrected chi connectivity index (χ1v) is 6.26. The summed E-state index contributed by atoms with van der Waals surface area (Å²) in [5.41, 5.74) is 2.40. The molecular formula is C13H12N2O2S. The van der Waals surface area contributed by atoms with Crippen molar-refractivity contribution in [2.45, 2.75) is 0 Å². The molecule has 2 rings (SSSR count). The van der Waals surface area contributed by atoms with Gasteiger partial charge in [0.25, 0.3) is 5.91 Å². The van der Waals surface area contributed by atoms with Crippen molar-refractivity contribution in [3.05, 3.63) is 52.7 Å². The molecule has 1 amide bonds. The number of thiophene rings is 1. The fourth-order valence-electron chi connectivity index (χ4n) is 1.23. The Morgan fingerprint density at radius 1 is 1.28 bits per heavy atom. The van der Waals surface area contributed by atoms with Crippen LogP contribution in [0.15, 0.2) is 52.9 Å². The molecule has 2 aromatic rings. The summed E-state index contributed by atoms with van der Waals surface area (Å²) in [5.74, 6) is 0.376. The van der Waals surface area contributed by atoms with Crippen molar-refractivity contribution in [1.82, 2.24) is 5.43 Å². The number of nitrogens with one attached hydrogen (secondary N) is 1. The maximum absolute atomic E-state index is 11.4. The van der Waals surface area contributed by atoms with E-state index in [1.807, 2.05) is 35.7 Å². The summed E-state index contributed by atoms with van der Waals surface area (Å²) in [4.78, 5) is 12.4. The molecule has 0 unspecified atom stereocenters. The summed E-state index contributed by atoms with van der Waals surface area (Å²) >= 11 is 1.55. The Bertz CT molecular complexity index is 509. The number of ether oxygens (including phenoxy) is 1. The lowest BCUT2D eigenvalue weighted by molar-refractivity contribution is -0.123. The molecule has 4 nitrogen and oxygen atoms in total. The number of nitrogens with zero attached hydrogens (tertiary/aromatic N) is 1. The quantitative estimate of drug-likeness (QED) is 0.662. The minimum atomic E-state index is -0.286. The number of amides is 1. The monoisotopic (exact) mass is 260 g/mol. The van der Waals surface area contributed by atoms with Gasteiger partial charge < -0.3 is 4.74 Å². The van der Waals surface area contributed by atoms with E-state index in [4.69, 9.17) is 4.74 Å². The lowest BCUT2D eigenvalue weighted by Crippen LogP contribution is -2.24. The second-order valence-corrected chi connectivity index (χ2v) is 4.39. The smallest absolute Gasteiger partial charge is 0.277 e. The second kappa shape index (κ2) is 6.56. The standard InChI is InChI=1S/C13H12N2O2S/c16-13(10-17-11-5-2-1-3-6-11)15-14-9-12-7-4-8-18-12/h1-9H,10H2,(H,15,16)/b14-9+. The van der Waals surface area contributed by atoms with Gasteiger partial charge in [0.05, 0.1) is 6.21 Å². The number of hydrazone groups is 1. The van der Waals surface area contributed by atoms with Gasteiger partial charge in [0.15, 0.2) is 6.61 Å². The van der Waals surface area contributed by atoms with Crippen LogP contribution in [0.1, 0.15) is 4.88 Å². The number of hydrogen-bond acceptors (Lipinski definition) is 4. The zero-order valence-corrected chi connectivity index (χ0v) is 10.4. The Balaban J connectivity index is 1.73. The molecule has 1 aromatic carbocycles. The third-order valence-electron chi connectivity index (χ3n) is 2.04.